The molecule has 2 heterocycles. The summed E-state index contributed by atoms with van der Waals surface area (Å²) in [6.45, 7) is 16.3. The van der Waals surface area contributed by atoms with Crippen LogP contribution in [-0.2, 0) is 17.8 Å². The van der Waals surface area contributed by atoms with Crippen molar-refractivity contribution in [1.82, 2.24) is 19.6 Å². The molecule has 0 unspecified atom stereocenters. The van der Waals surface area contributed by atoms with E-state index in [4.69, 9.17) is 0 Å². The molecule has 0 N–H and O–H groups in total. The maximum absolute atomic E-state index is 12.6. The van der Waals surface area contributed by atoms with Crippen LogP contribution in [0, 0.1) is 19.8 Å². The van der Waals surface area contributed by atoms with Crippen molar-refractivity contribution in [3.05, 3.63) is 17.0 Å². The molecule has 1 fully saturated rings. The molecule has 0 atom stereocenters. The van der Waals surface area contributed by atoms with Gasteiger partial charge >= 0.3 is 0 Å². The zero-order valence-corrected chi connectivity index (χ0v) is 14.7. The van der Waals surface area contributed by atoms with Gasteiger partial charge in [-0.05, 0) is 26.3 Å². The second kappa shape index (κ2) is 7.27. The summed E-state index contributed by atoms with van der Waals surface area (Å²) in [5.74, 6) is 0.801. The highest BCUT2D eigenvalue weighted by molar-refractivity contribution is 5.79. The van der Waals surface area contributed by atoms with Crippen molar-refractivity contribution in [2.75, 3.05) is 32.7 Å². The van der Waals surface area contributed by atoms with Crippen LogP contribution in [0.25, 0.3) is 0 Å². The Morgan fingerprint density at radius 3 is 2.36 bits per heavy atom. The highest BCUT2D eigenvalue weighted by Gasteiger charge is 2.22. The number of rotatable bonds is 5. The average Bonchev–Trinajstić information content (AvgIpc) is 2.74. The van der Waals surface area contributed by atoms with Crippen molar-refractivity contribution in [1.29, 1.82) is 0 Å². The Bertz CT molecular complexity index is 513. The van der Waals surface area contributed by atoms with Crippen molar-refractivity contribution in [3.8, 4) is 0 Å². The van der Waals surface area contributed by atoms with E-state index < -0.39 is 0 Å². The Hall–Kier alpha value is -1.36. The standard InChI is InChI=1S/C17H30N4O/c1-6-19-7-9-20(10-8-19)17(22)11-16-14(4)18-21(15(16)5)12-13(2)3/h13H,6-12H2,1-5H3. The van der Waals surface area contributed by atoms with E-state index >= 15 is 0 Å². The van der Waals surface area contributed by atoms with Crippen molar-refractivity contribution < 1.29 is 4.79 Å². The minimum Gasteiger partial charge on any atom is -0.340 e. The zero-order chi connectivity index (χ0) is 16.3. The lowest BCUT2D eigenvalue weighted by Gasteiger charge is -2.34. The number of hydrogen-bond acceptors (Lipinski definition) is 3. The molecule has 0 aromatic carbocycles. The van der Waals surface area contributed by atoms with E-state index in [0.717, 1.165) is 56.2 Å². The summed E-state index contributed by atoms with van der Waals surface area (Å²) >= 11 is 0. The second-order valence-electron chi connectivity index (χ2n) is 6.72. The lowest BCUT2D eigenvalue weighted by atomic mass is 10.1. The Labute approximate surface area is 134 Å². The second-order valence-corrected chi connectivity index (χ2v) is 6.72. The van der Waals surface area contributed by atoms with Gasteiger partial charge in [-0.1, -0.05) is 20.8 Å². The Morgan fingerprint density at radius 2 is 1.82 bits per heavy atom. The van der Waals surface area contributed by atoms with Crippen LogP contribution in [0.1, 0.15) is 37.7 Å². The molecule has 5 nitrogen and oxygen atoms in total. The van der Waals surface area contributed by atoms with Gasteiger partial charge in [-0.15, -0.1) is 0 Å². The maximum atomic E-state index is 12.6. The van der Waals surface area contributed by atoms with Gasteiger partial charge in [0.25, 0.3) is 0 Å². The average molecular weight is 306 g/mol. The number of nitrogens with zero attached hydrogens (tertiary/aromatic N) is 4. The van der Waals surface area contributed by atoms with Crippen molar-refractivity contribution >= 4 is 5.91 Å². The monoisotopic (exact) mass is 306 g/mol. The third-order valence-electron chi connectivity index (χ3n) is 4.57. The van der Waals surface area contributed by atoms with Crippen LogP contribution in [-0.4, -0.2) is 58.2 Å². The number of carbonyl (C=O) groups excluding carboxylic acids is 1. The summed E-state index contributed by atoms with van der Waals surface area (Å²) < 4.78 is 2.05. The van der Waals surface area contributed by atoms with Crippen molar-refractivity contribution in [2.45, 2.75) is 47.6 Å². The summed E-state index contributed by atoms with van der Waals surface area (Å²) in [6.07, 6.45) is 0.488. The van der Waals surface area contributed by atoms with Gasteiger partial charge in [-0.3, -0.25) is 9.48 Å². The van der Waals surface area contributed by atoms with Gasteiger partial charge in [0, 0.05) is 44.0 Å². The molecule has 0 saturated carbocycles. The van der Waals surface area contributed by atoms with Crippen LogP contribution in [0.3, 0.4) is 0 Å². The van der Waals surface area contributed by atoms with Gasteiger partial charge < -0.3 is 9.80 Å². The number of hydrogen-bond donors (Lipinski definition) is 0. The lowest BCUT2D eigenvalue weighted by Crippen LogP contribution is -2.48. The molecular formula is C17H30N4O. The smallest absolute Gasteiger partial charge is 0.227 e. The third-order valence-corrected chi connectivity index (χ3v) is 4.57. The highest BCUT2D eigenvalue weighted by atomic mass is 16.2. The van der Waals surface area contributed by atoms with Crippen LogP contribution >= 0.6 is 0 Å². The Morgan fingerprint density at radius 1 is 1.18 bits per heavy atom. The Kier molecular flexibility index (Phi) is 5.62. The van der Waals surface area contributed by atoms with E-state index in [1.54, 1.807) is 0 Å². The number of aryl methyl sites for hydroxylation is 1. The fraction of sp³-hybridized carbons (Fsp3) is 0.765. The number of piperazine rings is 1. The number of likely N-dealkylation sites (N-methyl/N-ethyl adjacent to an activating group) is 1. The molecule has 1 aliphatic rings. The normalized spacial score (nSPS) is 16.5. The van der Waals surface area contributed by atoms with E-state index in [-0.39, 0.29) is 5.91 Å². The molecule has 0 spiro atoms. The maximum Gasteiger partial charge on any atom is 0.227 e. The summed E-state index contributed by atoms with van der Waals surface area (Å²) in [5.41, 5.74) is 3.26. The third kappa shape index (κ3) is 3.88. The quantitative estimate of drug-likeness (QED) is 0.834. The van der Waals surface area contributed by atoms with E-state index in [1.165, 1.54) is 0 Å². The first-order chi connectivity index (χ1) is 10.4. The first kappa shape index (κ1) is 17.0. The molecule has 5 heteroatoms. The van der Waals surface area contributed by atoms with Gasteiger partial charge in [0.05, 0.1) is 12.1 Å². The van der Waals surface area contributed by atoms with Crippen molar-refractivity contribution in [2.24, 2.45) is 5.92 Å². The predicted molar refractivity (Wildman–Crippen MR) is 88.9 cm³/mol. The molecule has 2 rings (SSSR count). The fourth-order valence-electron chi connectivity index (χ4n) is 3.09. The van der Waals surface area contributed by atoms with E-state index in [1.807, 2.05) is 11.8 Å². The highest BCUT2D eigenvalue weighted by Crippen LogP contribution is 2.17. The SMILES string of the molecule is CCN1CCN(C(=O)Cc2c(C)nn(CC(C)C)c2C)CC1. The number of aromatic nitrogens is 2. The first-order valence-electron chi connectivity index (χ1n) is 8.45. The minimum absolute atomic E-state index is 0.242. The molecule has 0 radical (unpaired) electrons. The van der Waals surface area contributed by atoms with Gasteiger partial charge in [-0.2, -0.15) is 5.10 Å². The van der Waals surface area contributed by atoms with Crippen LogP contribution in [0.15, 0.2) is 0 Å². The van der Waals surface area contributed by atoms with Gasteiger partial charge in [0.15, 0.2) is 0 Å². The molecule has 1 aromatic heterocycles. The molecular weight excluding hydrogens is 276 g/mol. The molecule has 124 valence electrons. The van der Waals surface area contributed by atoms with Crippen LogP contribution in [0.2, 0.25) is 0 Å². The predicted octanol–water partition coefficient (Wildman–Crippen LogP) is 1.86. The summed E-state index contributed by atoms with van der Waals surface area (Å²) in [7, 11) is 0. The van der Waals surface area contributed by atoms with Crippen LogP contribution in [0.5, 0.6) is 0 Å². The van der Waals surface area contributed by atoms with E-state index in [9.17, 15) is 4.79 Å². The topological polar surface area (TPSA) is 41.4 Å². The molecule has 1 aliphatic heterocycles. The summed E-state index contributed by atoms with van der Waals surface area (Å²) in [4.78, 5) is 17.0. The molecule has 0 bridgehead atoms. The summed E-state index contributed by atoms with van der Waals surface area (Å²) in [6, 6.07) is 0. The number of amides is 1. The fourth-order valence-corrected chi connectivity index (χ4v) is 3.09. The lowest BCUT2D eigenvalue weighted by molar-refractivity contribution is -0.132. The van der Waals surface area contributed by atoms with Crippen LogP contribution < -0.4 is 0 Å². The van der Waals surface area contributed by atoms with Gasteiger partial charge in [0.2, 0.25) is 5.91 Å². The molecule has 22 heavy (non-hydrogen) atoms. The first-order valence-corrected chi connectivity index (χ1v) is 8.45. The Balaban J connectivity index is 2.01. The van der Waals surface area contributed by atoms with Crippen LogP contribution in [0.4, 0.5) is 0 Å². The molecule has 1 saturated heterocycles. The molecule has 0 aliphatic carbocycles. The molecule has 1 amide bonds. The molecule has 1 aromatic rings. The van der Waals surface area contributed by atoms with E-state index in [2.05, 4.69) is 42.4 Å². The van der Waals surface area contributed by atoms with Gasteiger partial charge in [0.1, 0.15) is 0 Å². The number of carbonyl (C=O) groups is 1. The van der Waals surface area contributed by atoms with E-state index in [0.29, 0.717) is 12.3 Å². The largest absolute Gasteiger partial charge is 0.340 e. The summed E-state index contributed by atoms with van der Waals surface area (Å²) in [5, 5.41) is 4.61. The zero-order valence-electron chi connectivity index (χ0n) is 14.7. The van der Waals surface area contributed by atoms with Crippen molar-refractivity contribution in [3.63, 3.8) is 0 Å². The minimum atomic E-state index is 0.242. The van der Waals surface area contributed by atoms with Gasteiger partial charge in [-0.25, -0.2) is 0 Å².